The maximum Gasteiger partial charge on any atom is 0.319 e. The predicted octanol–water partition coefficient (Wildman–Crippen LogP) is 5.83. The third-order valence-corrected chi connectivity index (χ3v) is 12.7. The molecule has 4 aromatic rings. The molecule has 11 nitrogen and oxygen atoms in total. The van der Waals surface area contributed by atoms with Crippen LogP contribution in [0, 0.1) is 23.0 Å². The van der Waals surface area contributed by atoms with E-state index in [1.54, 1.807) is 4.90 Å². The van der Waals surface area contributed by atoms with Gasteiger partial charge in [-0.1, -0.05) is 17.7 Å². The molecule has 9 rings (SSSR count). The number of benzene rings is 2. The first-order chi connectivity index (χ1) is 25.2. The summed E-state index contributed by atoms with van der Waals surface area (Å²) in [6, 6.07) is 4.30. The zero-order valence-corrected chi connectivity index (χ0v) is 29.7. The molecule has 0 saturated carbocycles. The van der Waals surface area contributed by atoms with E-state index in [2.05, 4.69) is 9.88 Å². The van der Waals surface area contributed by atoms with Crippen LogP contribution in [0.15, 0.2) is 12.1 Å². The molecule has 0 bridgehead atoms. The summed E-state index contributed by atoms with van der Waals surface area (Å²) in [4.78, 5) is 28.7. The van der Waals surface area contributed by atoms with Crippen LogP contribution in [0.1, 0.15) is 44.1 Å². The number of nitriles is 1. The number of amides is 1. The molecule has 0 spiro atoms. The molecule has 2 aromatic carbocycles. The number of likely N-dealkylation sites (tertiary alicyclic amines) is 1. The van der Waals surface area contributed by atoms with Crippen LogP contribution >= 0.6 is 22.9 Å². The first kappa shape index (κ1) is 33.7. The largest absolute Gasteiger partial charge is 0.489 e. The molecule has 52 heavy (non-hydrogen) atoms. The van der Waals surface area contributed by atoms with Gasteiger partial charge in [0.15, 0.2) is 11.6 Å². The number of fused-ring (bicyclic) bond motifs is 2. The molecule has 5 aliphatic heterocycles. The SMILES string of the molecule is N#Cc1c(N)sc2c(F)ccc(-c3c(Cl)c4c5c(nc(OC[C@@]67CCCN6C[C@H](F)C7)nc5c3F)N(C3CCN(C(=O)[C@H]5CCCO5)C3)CCO4)c12. The number of halogens is 4. The summed E-state index contributed by atoms with van der Waals surface area (Å²) < 4.78 is 65.4. The van der Waals surface area contributed by atoms with Crippen molar-refractivity contribution in [3.63, 3.8) is 0 Å². The Kier molecular flexibility index (Phi) is 8.29. The molecule has 0 radical (unpaired) electrons. The van der Waals surface area contributed by atoms with E-state index >= 15 is 8.78 Å². The standard InChI is InChI=1S/C36H35ClF3N7O4S/c37-27-25(20-4-5-22(39)31-24(20)21(14-41)32(42)52-31)28(40)29-26-30(27)50-12-10-47(19-6-9-45(16-19)34(48)23-3-1-11-49-23)33(26)44-35(43-29)51-17-36-7-2-8-46(36)15-18(38)13-36/h4-5,18-19,23H,1-3,6-13,15-17,42H2/t18-,19?,23-,36+/m1/s1. The Bertz CT molecular complexity index is 2180. The second kappa shape index (κ2) is 12.8. The Hall–Kier alpha value is -4.10. The fourth-order valence-corrected chi connectivity index (χ4v) is 10.2. The van der Waals surface area contributed by atoms with Gasteiger partial charge in [0.1, 0.15) is 53.7 Å². The molecule has 2 N–H and O–H groups in total. The van der Waals surface area contributed by atoms with Crippen molar-refractivity contribution in [1.29, 1.82) is 5.26 Å². The highest BCUT2D eigenvalue weighted by Crippen LogP contribution is 2.51. The first-order valence-electron chi connectivity index (χ1n) is 17.6. The van der Waals surface area contributed by atoms with Crippen LogP contribution in [0.2, 0.25) is 5.02 Å². The zero-order valence-electron chi connectivity index (χ0n) is 28.1. The predicted molar refractivity (Wildman–Crippen MR) is 190 cm³/mol. The van der Waals surface area contributed by atoms with Gasteiger partial charge in [0.2, 0.25) is 0 Å². The van der Waals surface area contributed by atoms with Gasteiger partial charge in [-0.15, -0.1) is 11.3 Å². The number of nitrogens with two attached hydrogens (primary N) is 1. The van der Waals surface area contributed by atoms with Gasteiger partial charge < -0.3 is 29.7 Å². The fourth-order valence-electron chi connectivity index (χ4n) is 8.92. The average molecular weight is 754 g/mol. The van der Waals surface area contributed by atoms with Crippen LogP contribution in [0.5, 0.6) is 11.8 Å². The molecule has 4 saturated heterocycles. The van der Waals surface area contributed by atoms with E-state index in [-0.39, 0.29) is 84.6 Å². The van der Waals surface area contributed by atoms with Crippen LogP contribution in [-0.4, -0.2) is 102 Å². The molecular formula is C36H35ClF3N7O4S. The Balaban J connectivity index is 1.19. The number of carbonyl (C=O) groups is 1. The molecular weight excluding hydrogens is 719 g/mol. The number of rotatable bonds is 6. The van der Waals surface area contributed by atoms with Crippen molar-refractivity contribution in [3.05, 3.63) is 34.4 Å². The molecule has 7 heterocycles. The van der Waals surface area contributed by atoms with E-state index in [4.69, 9.17) is 36.5 Å². The highest BCUT2D eigenvalue weighted by atomic mass is 35.5. The minimum Gasteiger partial charge on any atom is -0.489 e. The fraction of sp³-hybridized carbons (Fsp3) is 0.500. The number of nitrogen functional groups attached to an aromatic ring is 1. The topological polar surface area (TPSA) is 130 Å². The summed E-state index contributed by atoms with van der Waals surface area (Å²) in [6.07, 6.45) is 2.74. The van der Waals surface area contributed by atoms with Crippen molar-refractivity contribution in [2.75, 3.05) is 63.2 Å². The zero-order chi connectivity index (χ0) is 35.9. The second-order valence-corrected chi connectivity index (χ2v) is 15.7. The molecule has 4 fully saturated rings. The lowest BCUT2D eigenvalue weighted by atomic mass is 9.95. The maximum absolute atomic E-state index is 17.3. The number of thiophene rings is 1. The minimum atomic E-state index is -0.969. The highest BCUT2D eigenvalue weighted by Gasteiger charge is 2.49. The van der Waals surface area contributed by atoms with Crippen molar-refractivity contribution >= 4 is 60.7 Å². The molecule has 5 aliphatic rings. The monoisotopic (exact) mass is 753 g/mol. The van der Waals surface area contributed by atoms with Gasteiger partial charge in [-0.3, -0.25) is 9.69 Å². The number of hydrogen-bond acceptors (Lipinski definition) is 11. The molecule has 0 aliphatic carbocycles. The lowest BCUT2D eigenvalue weighted by Gasteiger charge is -2.32. The van der Waals surface area contributed by atoms with Crippen molar-refractivity contribution in [3.8, 4) is 29.0 Å². The number of hydrogen-bond donors (Lipinski definition) is 1. The Morgan fingerprint density at radius 2 is 2.02 bits per heavy atom. The Labute approximate surface area is 306 Å². The molecule has 1 unspecified atom stereocenters. The number of aromatic nitrogens is 2. The van der Waals surface area contributed by atoms with Gasteiger partial charge in [-0.25, -0.2) is 13.2 Å². The highest BCUT2D eigenvalue weighted by molar-refractivity contribution is 7.23. The van der Waals surface area contributed by atoms with E-state index < -0.39 is 29.4 Å². The van der Waals surface area contributed by atoms with Crippen LogP contribution in [0.4, 0.5) is 24.0 Å². The number of nitrogens with zero attached hydrogens (tertiary/aromatic N) is 6. The van der Waals surface area contributed by atoms with E-state index in [0.29, 0.717) is 57.9 Å². The van der Waals surface area contributed by atoms with Crippen molar-refractivity contribution < 1.29 is 32.2 Å². The lowest BCUT2D eigenvalue weighted by molar-refractivity contribution is -0.139. The van der Waals surface area contributed by atoms with Crippen molar-refractivity contribution in [2.45, 2.75) is 62.4 Å². The van der Waals surface area contributed by atoms with Crippen molar-refractivity contribution in [2.24, 2.45) is 0 Å². The summed E-state index contributed by atoms with van der Waals surface area (Å²) in [7, 11) is 0. The van der Waals surface area contributed by atoms with E-state index in [1.807, 2.05) is 11.0 Å². The average Bonchev–Trinajstić information content (AvgIpc) is 3.96. The molecule has 16 heteroatoms. The smallest absolute Gasteiger partial charge is 0.319 e. The molecule has 4 atom stereocenters. The van der Waals surface area contributed by atoms with Crippen LogP contribution < -0.4 is 20.1 Å². The number of anilines is 2. The number of carbonyl (C=O) groups excluding carboxylic acids is 1. The summed E-state index contributed by atoms with van der Waals surface area (Å²) in [5.41, 5.74) is 5.52. The summed E-state index contributed by atoms with van der Waals surface area (Å²) in [5, 5.41) is 10.4. The third-order valence-electron chi connectivity index (χ3n) is 11.3. The van der Waals surface area contributed by atoms with Gasteiger partial charge in [0.25, 0.3) is 5.91 Å². The number of ether oxygens (including phenoxy) is 3. The molecule has 272 valence electrons. The van der Waals surface area contributed by atoms with Gasteiger partial charge in [-0.05, 0) is 50.3 Å². The van der Waals surface area contributed by atoms with E-state index in [9.17, 15) is 14.4 Å². The Morgan fingerprint density at radius 3 is 2.83 bits per heavy atom. The second-order valence-electron chi connectivity index (χ2n) is 14.3. The molecule has 2 aromatic heterocycles. The lowest BCUT2D eigenvalue weighted by Crippen LogP contribution is -2.44. The molecule has 1 amide bonds. The van der Waals surface area contributed by atoms with E-state index in [0.717, 1.165) is 37.1 Å². The first-order valence-corrected chi connectivity index (χ1v) is 18.8. The summed E-state index contributed by atoms with van der Waals surface area (Å²) in [5.74, 6) is -1.00. The van der Waals surface area contributed by atoms with Crippen LogP contribution in [0.25, 0.3) is 32.1 Å². The third kappa shape index (κ3) is 5.24. The van der Waals surface area contributed by atoms with Gasteiger partial charge in [-0.2, -0.15) is 15.2 Å². The van der Waals surface area contributed by atoms with Gasteiger partial charge in [0, 0.05) is 49.7 Å². The minimum absolute atomic E-state index is 0.0156. The van der Waals surface area contributed by atoms with Crippen molar-refractivity contribution in [1.82, 2.24) is 19.8 Å². The number of alkyl halides is 1. The van der Waals surface area contributed by atoms with Gasteiger partial charge in [0.05, 0.1) is 32.8 Å². The van der Waals surface area contributed by atoms with Gasteiger partial charge >= 0.3 is 6.01 Å². The Morgan fingerprint density at radius 1 is 1.15 bits per heavy atom. The van der Waals surface area contributed by atoms with Crippen LogP contribution in [-0.2, 0) is 9.53 Å². The normalized spacial score (nSPS) is 25.9. The van der Waals surface area contributed by atoms with E-state index in [1.165, 1.54) is 12.1 Å². The summed E-state index contributed by atoms with van der Waals surface area (Å²) in [6.45, 7) is 3.20. The van der Waals surface area contributed by atoms with Crippen LogP contribution in [0.3, 0.4) is 0 Å². The quantitative estimate of drug-likeness (QED) is 0.257. The summed E-state index contributed by atoms with van der Waals surface area (Å²) >= 11 is 7.97. The maximum atomic E-state index is 17.3.